The Kier molecular flexibility index (Phi) is 7.54. The van der Waals surface area contributed by atoms with Gasteiger partial charge in [0, 0.05) is 23.8 Å². The van der Waals surface area contributed by atoms with Crippen molar-refractivity contribution in [2.24, 2.45) is 0 Å². The Hall–Kier alpha value is -2.61. The summed E-state index contributed by atoms with van der Waals surface area (Å²) in [4.78, 5) is 20.9. The number of hydrogen-bond acceptors (Lipinski definition) is 5. The van der Waals surface area contributed by atoms with Crippen molar-refractivity contribution in [3.05, 3.63) is 40.5 Å². The number of carbonyl (C=O) groups is 1. The van der Waals surface area contributed by atoms with Crippen molar-refractivity contribution >= 4 is 34.7 Å². The minimum Gasteiger partial charge on any atom is -0.497 e. The summed E-state index contributed by atoms with van der Waals surface area (Å²) >= 11 is 6.48. The van der Waals surface area contributed by atoms with Crippen LogP contribution in [0.3, 0.4) is 0 Å². The molecule has 0 saturated heterocycles. The van der Waals surface area contributed by atoms with E-state index in [2.05, 4.69) is 10.3 Å². The molecule has 2 heterocycles. The lowest BCUT2D eigenvalue weighted by Gasteiger charge is -2.37. The number of nitrogens with one attached hydrogen (secondary N) is 1. The molecule has 1 unspecified atom stereocenters. The lowest BCUT2D eigenvalue weighted by atomic mass is 10.0. The molecule has 1 aliphatic rings. The Morgan fingerprint density at radius 1 is 1.29 bits per heavy atom. The third-order valence-corrected chi connectivity index (χ3v) is 5.67. The summed E-state index contributed by atoms with van der Waals surface area (Å²) in [5.41, 5.74) is 2.68. The number of rotatable bonds is 9. The number of halogens is 3. The number of pyridine rings is 1. The van der Waals surface area contributed by atoms with Gasteiger partial charge in [-0.25, -0.2) is 9.37 Å². The summed E-state index contributed by atoms with van der Waals surface area (Å²) in [6.07, 6.45) is 0.270. The lowest BCUT2D eigenvalue weighted by molar-refractivity contribution is -0.115. The minimum absolute atomic E-state index is 0.0972. The highest BCUT2D eigenvalue weighted by Crippen LogP contribution is 2.42. The van der Waals surface area contributed by atoms with E-state index in [1.165, 1.54) is 0 Å². The van der Waals surface area contributed by atoms with Crippen LogP contribution in [0.25, 0.3) is 0 Å². The quantitative estimate of drug-likeness (QED) is 0.597. The Labute approximate surface area is 186 Å². The maximum Gasteiger partial charge on any atom is 0.244 e. The van der Waals surface area contributed by atoms with Crippen LogP contribution in [-0.4, -0.2) is 51.0 Å². The SMILES string of the molecule is COc1ccc(C(C)N2CC(=O)Nc3c(N(CCF)CCCF)cc(C)nc32)c(Cl)c1. The van der Waals surface area contributed by atoms with Crippen molar-refractivity contribution in [1.82, 2.24) is 4.98 Å². The van der Waals surface area contributed by atoms with E-state index in [9.17, 15) is 13.6 Å². The number of methoxy groups -OCH3 is 1. The molecule has 1 N–H and O–H groups in total. The molecule has 0 bridgehead atoms. The number of anilines is 3. The second-order valence-electron chi connectivity index (χ2n) is 7.44. The molecule has 1 aromatic heterocycles. The zero-order valence-electron chi connectivity index (χ0n) is 17.9. The van der Waals surface area contributed by atoms with E-state index >= 15 is 0 Å². The molecular weight excluding hydrogens is 426 g/mol. The first-order chi connectivity index (χ1) is 14.9. The van der Waals surface area contributed by atoms with E-state index in [1.807, 2.05) is 30.9 Å². The van der Waals surface area contributed by atoms with Crippen LogP contribution in [0.4, 0.5) is 26.0 Å². The van der Waals surface area contributed by atoms with Gasteiger partial charge in [-0.15, -0.1) is 0 Å². The van der Waals surface area contributed by atoms with Gasteiger partial charge in [0.2, 0.25) is 5.91 Å². The molecule has 0 aliphatic carbocycles. The maximum absolute atomic E-state index is 13.2. The van der Waals surface area contributed by atoms with Crippen molar-refractivity contribution in [2.75, 3.05) is 55.2 Å². The van der Waals surface area contributed by atoms with Crippen LogP contribution in [0, 0.1) is 6.92 Å². The number of carbonyl (C=O) groups excluding carboxylic acids is 1. The Morgan fingerprint density at radius 2 is 2.06 bits per heavy atom. The van der Waals surface area contributed by atoms with Crippen LogP contribution >= 0.6 is 11.6 Å². The smallest absolute Gasteiger partial charge is 0.244 e. The van der Waals surface area contributed by atoms with E-state index < -0.39 is 13.3 Å². The van der Waals surface area contributed by atoms with Crippen molar-refractivity contribution < 1.29 is 18.3 Å². The molecule has 6 nitrogen and oxygen atoms in total. The van der Waals surface area contributed by atoms with Gasteiger partial charge in [-0.2, -0.15) is 0 Å². The van der Waals surface area contributed by atoms with Gasteiger partial charge in [0.05, 0.1) is 32.1 Å². The van der Waals surface area contributed by atoms with Gasteiger partial charge in [-0.05, 0) is 44.0 Å². The molecule has 3 rings (SSSR count). The van der Waals surface area contributed by atoms with Gasteiger partial charge in [-0.3, -0.25) is 9.18 Å². The second kappa shape index (κ2) is 10.1. The fourth-order valence-electron chi connectivity index (χ4n) is 3.79. The Morgan fingerprint density at radius 3 is 2.71 bits per heavy atom. The second-order valence-corrected chi connectivity index (χ2v) is 7.85. The van der Waals surface area contributed by atoms with Gasteiger partial charge < -0.3 is 19.9 Å². The van der Waals surface area contributed by atoms with E-state index in [4.69, 9.17) is 16.3 Å². The fourth-order valence-corrected chi connectivity index (χ4v) is 4.12. The van der Waals surface area contributed by atoms with E-state index in [0.717, 1.165) is 5.56 Å². The van der Waals surface area contributed by atoms with Gasteiger partial charge in [0.25, 0.3) is 0 Å². The third-order valence-electron chi connectivity index (χ3n) is 5.34. The van der Waals surface area contributed by atoms with Crippen LogP contribution in [0.1, 0.15) is 30.6 Å². The normalized spacial score (nSPS) is 14.1. The van der Waals surface area contributed by atoms with E-state index in [-0.39, 0.29) is 31.5 Å². The molecule has 168 valence electrons. The monoisotopic (exact) mass is 452 g/mol. The van der Waals surface area contributed by atoms with Crippen LogP contribution < -0.4 is 19.9 Å². The average molecular weight is 453 g/mol. The molecule has 1 atom stereocenters. The number of fused-ring (bicyclic) bond motifs is 1. The Balaban J connectivity index is 2.06. The molecule has 0 spiro atoms. The highest BCUT2D eigenvalue weighted by molar-refractivity contribution is 6.31. The summed E-state index contributed by atoms with van der Waals surface area (Å²) < 4.78 is 31.3. The van der Waals surface area contributed by atoms with Crippen LogP contribution in [0.5, 0.6) is 5.75 Å². The molecule has 1 aliphatic heterocycles. The number of amides is 1. The van der Waals surface area contributed by atoms with Crippen molar-refractivity contribution in [2.45, 2.75) is 26.3 Å². The largest absolute Gasteiger partial charge is 0.497 e. The van der Waals surface area contributed by atoms with Gasteiger partial charge >= 0.3 is 0 Å². The Bertz CT molecular complexity index is 944. The van der Waals surface area contributed by atoms with Crippen LogP contribution in [0.15, 0.2) is 24.3 Å². The van der Waals surface area contributed by atoms with Crippen molar-refractivity contribution in [1.29, 1.82) is 0 Å². The predicted octanol–water partition coefficient (Wildman–Crippen LogP) is 4.71. The highest BCUT2D eigenvalue weighted by Gasteiger charge is 2.32. The molecule has 0 saturated carbocycles. The molecule has 9 heteroatoms. The number of hydrogen-bond donors (Lipinski definition) is 1. The predicted molar refractivity (Wildman–Crippen MR) is 120 cm³/mol. The molecule has 2 aromatic rings. The molecule has 0 fully saturated rings. The first-order valence-electron chi connectivity index (χ1n) is 10.2. The maximum atomic E-state index is 13.2. The number of alkyl halides is 2. The summed E-state index contributed by atoms with van der Waals surface area (Å²) in [7, 11) is 1.57. The lowest BCUT2D eigenvalue weighted by Crippen LogP contribution is -2.41. The molecule has 1 amide bonds. The summed E-state index contributed by atoms with van der Waals surface area (Å²) in [6, 6.07) is 6.95. The third kappa shape index (κ3) is 5.01. The molecular formula is C22H27ClF2N4O2. The number of aryl methyl sites for hydroxylation is 1. The number of aromatic nitrogens is 1. The average Bonchev–Trinajstić information content (AvgIpc) is 2.75. The van der Waals surface area contributed by atoms with Gasteiger partial charge in [0.15, 0.2) is 5.82 Å². The summed E-state index contributed by atoms with van der Waals surface area (Å²) in [5, 5.41) is 3.41. The zero-order valence-corrected chi connectivity index (χ0v) is 18.7. The number of nitrogens with zero attached hydrogens (tertiary/aromatic N) is 3. The van der Waals surface area contributed by atoms with E-state index in [0.29, 0.717) is 40.2 Å². The standard InChI is InChI=1S/C22H27ClF2N4O2/c1-14-11-19(28(10-8-25)9-4-7-24)21-22(26-14)29(13-20(30)27-21)15(2)17-6-5-16(31-3)12-18(17)23/h5-6,11-12,15H,4,7-10,13H2,1-3H3,(H,27,30). The van der Waals surface area contributed by atoms with Crippen LogP contribution in [-0.2, 0) is 4.79 Å². The first-order valence-corrected chi connectivity index (χ1v) is 10.6. The fraction of sp³-hybridized carbons (Fsp3) is 0.455. The first kappa shape index (κ1) is 23.1. The van der Waals surface area contributed by atoms with Gasteiger partial charge in [0.1, 0.15) is 18.1 Å². The van der Waals surface area contributed by atoms with E-state index in [1.54, 1.807) is 24.1 Å². The number of ether oxygens (including phenoxy) is 1. The van der Waals surface area contributed by atoms with Gasteiger partial charge in [-0.1, -0.05) is 17.7 Å². The topological polar surface area (TPSA) is 57.7 Å². The molecule has 31 heavy (non-hydrogen) atoms. The summed E-state index contributed by atoms with van der Waals surface area (Å²) in [5.74, 6) is 1.02. The van der Waals surface area contributed by atoms with Crippen molar-refractivity contribution in [3.8, 4) is 5.75 Å². The summed E-state index contributed by atoms with van der Waals surface area (Å²) in [6.45, 7) is 3.24. The zero-order chi connectivity index (χ0) is 22.5. The molecule has 0 radical (unpaired) electrons. The molecule has 1 aromatic carbocycles. The highest BCUT2D eigenvalue weighted by atomic mass is 35.5. The van der Waals surface area contributed by atoms with Crippen LogP contribution in [0.2, 0.25) is 5.02 Å². The minimum atomic E-state index is -0.585. The number of benzene rings is 1. The van der Waals surface area contributed by atoms with Crippen molar-refractivity contribution in [3.63, 3.8) is 0 Å².